The summed E-state index contributed by atoms with van der Waals surface area (Å²) in [5, 5.41) is 12.8. The van der Waals surface area contributed by atoms with Crippen LogP contribution in [0.4, 0.5) is 5.69 Å². The van der Waals surface area contributed by atoms with Gasteiger partial charge in [-0.2, -0.15) is 0 Å². The Balaban J connectivity index is 1.56. The van der Waals surface area contributed by atoms with Crippen LogP contribution < -0.4 is 10.1 Å². The first kappa shape index (κ1) is 25.2. The van der Waals surface area contributed by atoms with Gasteiger partial charge in [-0.05, 0) is 56.5 Å². The first-order chi connectivity index (χ1) is 16.8. The van der Waals surface area contributed by atoms with E-state index in [-0.39, 0.29) is 42.9 Å². The van der Waals surface area contributed by atoms with Gasteiger partial charge in [-0.1, -0.05) is 37.3 Å². The number of likely N-dealkylation sites (N-methyl/N-ethyl adjacent to an activating group) is 1. The molecular weight excluding hydrogens is 442 g/mol. The number of fused-ring (bicyclic) bond motifs is 1. The van der Waals surface area contributed by atoms with Gasteiger partial charge in [-0.25, -0.2) is 0 Å². The number of benzene rings is 2. The molecule has 35 heavy (non-hydrogen) atoms. The molecule has 0 aromatic heterocycles. The van der Waals surface area contributed by atoms with Gasteiger partial charge in [0.15, 0.2) is 0 Å². The fraction of sp³-hybridized carbons (Fsp3) is 0.500. The van der Waals surface area contributed by atoms with Crippen molar-refractivity contribution in [2.45, 2.75) is 45.3 Å². The van der Waals surface area contributed by atoms with Crippen molar-refractivity contribution in [1.29, 1.82) is 0 Å². The number of aliphatic hydroxyl groups excluding tert-OH is 1. The van der Waals surface area contributed by atoms with Crippen molar-refractivity contribution >= 4 is 17.5 Å². The molecule has 188 valence electrons. The van der Waals surface area contributed by atoms with E-state index in [1.165, 1.54) is 12.8 Å². The van der Waals surface area contributed by atoms with E-state index < -0.39 is 0 Å². The fourth-order valence-corrected chi connectivity index (χ4v) is 4.63. The average molecular weight is 480 g/mol. The summed E-state index contributed by atoms with van der Waals surface area (Å²) in [5.74, 6) is 1.04. The highest BCUT2D eigenvalue weighted by molar-refractivity contribution is 6.00. The summed E-state index contributed by atoms with van der Waals surface area (Å²) in [5.41, 5.74) is 1.88. The highest BCUT2D eigenvalue weighted by Gasteiger charge is 2.34. The fourth-order valence-electron chi connectivity index (χ4n) is 4.63. The minimum atomic E-state index is -0.322. The molecule has 1 heterocycles. The molecule has 0 unspecified atom stereocenters. The lowest BCUT2D eigenvalue weighted by Crippen LogP contribution is -2.50. The number of carbonyl (C=O) groups excluding carboxylic acids is 2. The number of hydrogen-bond donors (Lipinski definition) is 2. The summed E-state index contributed by atoms with van der Waals surface area (Å²) in [6.45, 7) is 6.15. The van der Waals surface area contributed by atoms with Crippen LogP contribution in [0.2, 0.25) is 0 Å². The Kier molecular flexibility index (Phi) is 8.08. The van der Waals surface area contributed by atoms with Crippen molar-refractivity contribution < 1.29 is 19.4 Å². The van der Waals surface area contributed by atoms with Crippen molar-refractivity contribution in [2.75, 3.05) is 38.6 Å². The number of amides is 2. The quantitative estimate of drug-likeness (QED) is 0.576. The molecule has 2 aromatic rings. The molecule has 0 radical (unpaired) electrons. The standard InChI is InChI=1S/C28H37N3O4/c1-19-15-31(20(2)18-32)28(34)24-14-23(29-27(33)13-21-7-5-4-6-8-21)11-12-25(24)35-26(19)17-30(3)16-22-9-10-22/h4-8,11-12,14,19-20,22,26,32H,9-10,13,15-18H2,1-3H3,(H,29,33)/t19-,20+,26+/m0/s1. The average Bonchev–Trinajstić information content (AvgIpc) is 3.65. The molecule has 1 aliphatic heterocycles. The number of ether oxygens (including phenoxy) is 1. The van der Waals surface area contributed by atoms with Gasteiger partial charge < -0.3 is 25.0 Å². The third kappa shape index (κ3) is 6.61. The summed E-state index contributed by atoms with van der Waals surface area (Å²) < 4.78 is 6.45. The number of rotatable bonds is 9. The van der Waals surface area contributed by atoms with E-state index in [1.807, 2.05) is 37.3 Å². The number of nitrogens with one attached hydrogen (secondary N) is 1. The second-order valence-electron chi connectivity index (χ2n) is 10.2. The molecule has 0 bridgehead atoms. The summed E-state index contributed by atoms with van der Waals surface area (Å²) in [6.07, 6.45) is 2.74. The number of nitrogens with zero attached hydrogens (tertiary/aromatic N) is 2. The Bertz CT molecular complexity index is 1020. The predicted molar refractivity (Wildman–Crippen MR) is 137 cm³/mol. The van der Waals surface area contributed by atoms with E-state index in [0.717, 1.165) is 24.6 Å². The lowest BCUT2D eigenvalue weighted by atomic mass is 9.99. The summed E-state index contributed by atoms with van der Waals surface area (Å²) >= 11 is 0. The molecule has 0 spiro atoms. The highest BCUT2D eigenvalue weighted by atomic mass is 16.5. The molecule has 4 rings (SSSR count). The van der Waals surface area contributed by atoms with E-state index >= 15 is 0 Å². The van der Waals surface area contributed by atoms with Crippen LogP contribution in [0.5, 0.6) is 5.75 Å². The topological polar surface area (TPSA) is 82.1 Å². The van der Waals surface area contributed by atoms with Gasteiger partial charge in [0.25, 0.3) is 5.91 Å². The molecule has 1 aliphatic carbocycles. The van der Waals surface area contributed by atoms with Crippen molar-refractivity contribution in [3.8, 4) is 5.75 Å². The first-order valence-corrected chi connectivity index (χ1v) is 12.6. The Labute approximate surface area is 208 Å². The van der Waals surface area contributed by atoms with Gasteiger partial charge in [0, 0.05) is 31.2 Å². The van der Waals surface area contributed by atoms with Crippen LogP contribution in [-0.4, -0.2) is 72.2 Å². The van der Waals surface area contributed by atoms with Gasteiger partial charge in [-0.15, -0.1) is 0 Å². The molecule has 0 saturated heterocycles. The van der Waals surface area contributed by atoms with Gasteiger partial charge >= 0.3 is 0 Å². The van der Waals surface area contributed by atoms with E-state index in [2.05, 4.69) is 24.2 Å². The van der Waals surface area contributed by atoms with Crippen LogP contribution in [0.25, 0.3) is 0 Å². The largest absolute Gasteiger partial charge is 0.488 e. The monoisotopic (exact) mass is 479 g/mol. The molecule has 7 heteroatoms. The smallest absolute Gasteiger partial charge is 0.258 e. The van der Waals surface area contributed by atoms with E-state index in [9.17, 15) is 14.7 Å². The lowest BCUT2D eigenvalue weighted by molar-refractivity contribution is -0.115. The van der Waals surface area contributed by atoms with E-state index in [4.69, 9.17) is 4.74 Å². The Morgan fingerprint density at radius 2 is 1.94 bits per heavy atom. The maximum Gasteiger partial charge on any atom is 0.258 e. The van der Waals surface area contributed by atoms with Crippen LogP contribution in [0.1, 0.15) is 42.6 Å². The zero-order valence-corrected chi connectivity index (χ0v) is 20.9. The second kappa shape index (κ2) is 11.2. The molecule has 7 nitrogen and oxygen atoms in total. The highest BCUT2D eigenvalue weighted by Crippen LogP contribution is 2.32. The van der Waals surface area contributed by atoms with Crippen LogP contribution in [0.3, 0.4) is 0 Å². The molecular formula is C28H37N3O4. The van der Waals surface area contributed by atoms with Crippen molar-refractivity contribution in [3.05, 3.63) is 59.7 Å². The second-order valence-corrected chi connectivity index (χ2v) is 10.2. The number of hydrogen-bond acceptors (Lipinski definition) is 5. The third-order valence-electron chi connectivity index (χ3n) is 6.91. The van der Waals surface area contributed by atoms with Gasteiger partial charge in [-0.3, -0.25) is 9.59 Å². The van der Waals surface area contributed by atoms with Crippen molar-refractivity contribution in [2.24, 2.45) is 11.8 Å². The summed E-state index contributed by atoms with van der Waals surface area (Å²) in [7, 11) is 2.12. The molecule has 2 aromatic carbocycles. The number of anilines is 1. The van der Waals surface area contributed by atoms with Gasteiger partial charge in [0.05, 0.1) is 24.6 Å². The molecule has 2 aliphatic rings. The Morgan fingerprint density at radius 3 is 2.63 bits per heavy atom. The minimum Gasteiger partial charge on any atom is -0.488 e. The first-order valence-electron chi connectivity index (χ1n) is 12.6. The lowest BCUT2D eigenvalue weighted by Gasteiger charge is -2.38. The van der Waals surface area contributed by atoms with E-state index in [0.29, 0.717) is 23.5 Å². The van der Waals surface area contributed by atoms with E-state index in [1.54, 1.807) is 23.1 Å². The van der Waals surface area contributed by atoms with Crippen LogP contribution in [0.15, 0.2) is 48.5 Å². The molecule has 1 fully saturated rings. The molecule has 3 atom stereocenters. The molecule has 2 amide bonds. The zero-order chi connectivity index (χ0) is 24.9. The van der Waals surface area contributed by atoms with Crippen molar-refractivity contribution in [1.82, 2.24) is 9.80 Å². The normalized spacial score (nSPS) is 21.1. The number of aliphatic hydroxyl groups is 1. The third-order valence-corrected chi connectivity index (χ3v) is 6.91. The molecule has 2 N–H and O–H groups in total. The maximum absolute atomic E-state index is 13.6. The van der Waals surface area contributed by atoms with Gasteiger partial charge in [0.2, 0.25) is 5.91 Å². The summed E-state index contributed by atoms with van der Waals surface area (Å²) in [6, 6.07) is 14.5. The zero-order valence-electron chi connectivity index (χ0n) is 20.9. The van der Waals surface area contributed by atoms with Crippen molar-refractivity contribution in [3.63, 3.8) is 0 Å². The Morgan fingerprint density at radius 1 is 1.20 bits per heavy atom. The predicted octanol–water partition coefficient (Wildman–Crippen LogP) is 3.43. The number of carbonyl (C=O) groups is 2. The Hall–Kier alpha value is -2.90. The van der Waals surface area contributed by atoms with Gasteiger partial charge in [0.1, 0.15) is 11.9 Å². The van der Waals surface area contributed by atoms with Crippen LogP contribution in [0, 0.1) is 11.8 Å². The maximum atomic E-state index is 13.6. The minimum absolute atomic E-state index is 0.0907. The molecule has 1 saturated carbocycles. The SMILES string of the molecule is C[C@H](CO)N1C[C@H](C)[C@@H](CN(C)CC2CC2)Oc2ccc(NC(=O)Cc3ccccc3)cc2C1=O. The van der Waals surface area contributed by atoms with Crippen LogP contribution >= 0.6 is 0 Å². The summed E-state index contributed by atoms with van der Waals surface area (Å²) in [4.78, 5) is 30.2. The van der Waals surface area contributed by atoms with Crippen LogP contribution in [-0.2, 0) is 11.2 Å².